The van der Waals surface area contributed by atoms with E-state index in [0.717, 1.165) is 12.0 Å². The summed E-state index contributed by atoms with van der Waals surface area (Å²) in [6, 6.07) is 15.0. The van der Waals surface area contributed by atoms with Gasteiger partial charge >= 0.3 is 0 Å². The van der Waals surface area contributed by atoms with Crippen LogP contribution in [0.1, 0.15) is 50.2 Å². The van der Waals surface area contributed by atoms with Crippen LogP contribution in [0.5, 0.6) is 0 Å². The fraction of sp³-hybridized carbons (Fsp3) is 0.318. The average Bonchev–Trinajstić information content (AvgIpc) is 2.67. The lowest BCUT2D eigenvalue weighted by atomic mass is 10.0. The van der Waals surface area contributed by atoms with Crippen LogP contribution < -0.4 is 0 Å². The summed E-state index contributed by atoms with van der Waals surface area (Å²) < 4.78 is 0. The number of nitrogens with zero attached hydrogens (tertiary/aromatic N) is 3. The van der Waals surface area contributed by atoms with Crippen molar-refractivity contribution in [2.24, 2.45) is 0 Å². The van der Waals surface area contributed by atoms with Crippen molar-refractivity contribution in [3.63, 3.8) is 0 Å². The number of rotatable bonds is 7. The molecule has 0 unspecified atom stereocenters. The van der Waals surface area contributed by atoms with Gasteiger partial charge in [-0.3, -0.25) is 0 Å². The van der Waals surface area contributed by atoms with Crippen LogP contribution in [0.4, 0.5) is 0 Å². The Hall–Kier alpha value is -2.73. The number of aromatic nitrogens is 2. The average molecular weight is 329 g/mol. The topological polar surface area (TPSA) is 49.6 Å². The monoisotopic (exact) mass is 329 g/mol. The Labute approximate surface area is 149 Å². The van der Waals surface area contributed by atoms with Crippen LogP contribution in [0.3, 0.4) is 0 Å². The molecule has 1 heterocycles. The summed E-state index contributed by atoms with van der Waals surface area (Å²) in [6.45, 7) is 2.25. The molecule has 0 bridgehead atoms. The third-order valence-electron chi connectivity index (χ3n) is 4.51. The van der Waals surface area contributed by atoms with Gasteiger partial charge in [-0.25, -0.2) is 9.97 Å². The Balaban J connectivity index is 1.73. The summed E-state index contributed by atoms with van der Waals surface area (Å²) in [6.07, 6.45) is 10.9. The van der Waals surface area contributed by atoms with Gasteiger partial charge in [-0.15, -0.1) is 0 Å². The molecular weight excluding hydrogens is 306 g/mol. The van der Waals surface area contributed by atoms with E-state index in [4.69, 9.17) is 5.26 Å². The fourth-order valence-corrected chi connectivity index (χ4v) is 3.06. The molecule has 126 valence electrons. The Morgan fingerprint density at radius 3 is 2.36 bits per heavy atom. The lowest BCUT2D eigenvalue weighted by molar-refractivity contribution is 0.632. The first-order valence-corrected chi connectivity index (χ1v) is 9.05. The highest BCUT2D eigenvalue weighted by Crippen LogP contribution is 2.23. The number of unbranched alkanes of at least 4 members (excludes halogenated alkanes) is 4. The lowest BCUT2D eigenvalue weighted by Gasteiger charge is -2.06. The molecule has 0 aliphatic carbocycles. The number of nitriles is 1. The van der Waals surface area contributed by atoms with Crippen LogP contribution in [-0.4, -0.2) is 9.97 Å². The van der Waals surface area contributed by atoms with Crippen LogP contribution in [0, 0.1) is 11.3 Å². The largest absolute Gasteiger partial charge is 0.235 e. The molecule has 0 saturated carbocycles. The molecule has 0 saturated heterocycles. The molecule has 0 spiro atoms. The molecule has 0 aliphatic rings. The molecule has 2 aromatic carbocycles. The first kappa shape index (κ1) is 17.1. The van der Waals surface area contributed by atoms with Crippen molar-refractivity contribution in [2.45, 2.75) is 45.4 Å². The zero-order valence-corrected chi connectivity index (χ0v) is 14.7. The van der Waals surface area contributed by atoms with Crippen LogP contribution in [0.25, 0.3) is 22.2 Å². The van der Waals surface area contributed by atoms with E-state index < -0.39 is 0 Å². The minimum atomic E-state index is 0.480. The zero-order valence-electron chi connectivity index (χ0n) is 14.7. The van der Waals surface area contributed by atoms with Gasteiger partial charge in [-0.05, 0) is 35.2 Å². The van der Waals surface area contributed by atoms with E-state index in [-0.39, 0.29) is 0 Å². The fourth-order valence-electron chi connectivity index (χ4n) is 3.06. The van der Waals surface area contributed by atoms with Crippen LogP contribution >= 0.6 is 0 Å². The highest BCUT2D eigenvalue weighted by Gasteiger charge is 2.04. The van der Waals surface area contributed by atoms with Crippen LogP contribution in [0.2, 0.25) is 0 Å². The van der Waals surface area contributed by atoms with Crippen molar-refractivity contribution >= 4 is 10.8 Å². The molecule has 0 radical (unpaired) electrons. The van der Waals surface area contributed by atoms with Crippen molar-refractivity contribution in [2.75, 3.05) is 0 Å². The first-order valence-electron chi connectivity index (χ1n) is 9.05. The van der Waals surface area contributed by atoms with Gasteiger partial charge in [0, 0.05) is 18.0 Å². The molecule has 0 atom stereocenters. The molecular formula is C22H23N3. The van der Waals surface area contributed by atoms with E-state index in [1.54, 1.807) is 12.4 Å². The predicted octanol–water partition coefficient (Wildman–Crippen LogP) is 5.68. The molecule has 0 fully saturated rings. The van der Waals surface area contributed by atoms with E-state index in [0.29, 0.717) is 11.4 Å². The highest BCUT2D eigenvalue weighted by atomic mass is 14.9. The summed E-state index contributed by atoms with van der Waals surface area (Å²) in [5, 5.41) is 11.3. The zero-order chi connectivity index (χ0) is 17.5. The molecule has 25 heavy (non-hydrogen) atoms. The van der Waals surface area contributed by atoms with Gasteiger partial charge in [0.25, 0.3) is 0 Å². The van der Waals surface area contributed by atoms with E-state index in [1.165, 1.54) is 48.4 Å². The van der Waals surface area contributed by atoms with Gasteiger partial charge in [0.2, 0.25) is 0 Å². The summed E-state index contributed by atoms with van der Waals surface area (Å²) in [5.74, 6) is 0.654. The van der Waals surface area contributed by atoms with Crippen molar-refractivity contribution in [1.82, 2.24) is 9.97 Å². The molecule has 3 nitrogen and oxygen atoms in total. The summed E-state index contributed by atoms with van der Waals surface area (Å²) in [5.41, 5.74) is 2.86. The number of hydrogen-bond donors (Lipinski definition) is 0. The third-order valence-corrected chi connectivity index (χ3v) is 4.51. The van der Waals surface area contributed by atoms with E-state index in [9.17, 15) is 0 Å². The van der Waals surface area contributed by atoms with Gasteiger partial charge < -0.3 is 0 Å². The standard InChI is InChI=1S/C22H23N3/c1-2-3-4-5-6-7-17-8-9-20-13-21(11-10-19(20)12-17)22-24-15-18(14-23)16-25-22/h8-13,15-16H,2-7H2,1H3. The summed E-state index contributed by atoms with van der Waals surface area (Å²) in [7, 11) is 0. The van der Waals surface area contributed by atoms with Crippen LogP contribution in [-0.2, 0) is 6.42 Å². The van der Waals surface area contributed by atoms with E-state index in [2.05, 4.69) is 53.3 Å². The number of hydrogen-bond acceptors (Lipinski definition) is 3. The first-order chi connectivity index (χ1) is 12.3. The Kier molecular flexibility index (Phi) is 5.74. The van der Waals surface area contributed by atoms with Crippen molar-refractivity contribution < 1.29 is 0 Å². The third kappa shape index (κ3) is 4.42. The summed E-state index contributed by atoms with van der Waals surface area (Å²) >= 11 is 0. The van der Waals surface area contributed by atoms with Crippen molar-refractivity contribution in [3.8, 4) is 17.5 Å². The molecule has 0 aliphatic heterocycles. The number of fused-ring (bicyclic) bond motifs is 1. The minimum Gasteiger partial charge on any atom is -0.235 e. The van der Waals surface area contributed by atoms with Gasteiger partial charge in [-0.1, -0.05) is 62.9 Å². The van der Waals surface area contributed by atoms with Crippen molar-refractivity contribution in [3.05, 3.63) is 59.9 Å². The Bertz CT molecular complexity index is 876. The molecule has 0 amide bonds. The molecule has 1 aromatic heterocycles. The maximum Gasteiger partial charge on any atom is 0.159 e. The maximum absolute atomic E-state index is 8.84. The predicted molar refractivity (Wildman–Crippen MR) is 102 cm³/mol. The Morgan fingerprint density at radius 2 is 1.60 bits per heavy atom. The number of aryl methyl sites for hydroxylation is 1. The van der Waals surface area contributed by atoms with Gasteiger partial charge in [0.1, 0.15) is 6.07 Å². The molecule has 3 heteroatoms. The lowest BCUT2D eigenvalue weighted by Crippen LogP contribution is -1.90. The summed E-state index contributed by atoms with van der Waals surface area (Å²) in [4.78, 5) is 8.55. The van der Waals surface area contributed by atoms with E-state index >= 15 is 0 Å². The smallest absolute Gasteiger partial charge is 0.159 e. The van der Waals surface area contributed by atoms with Gasteiger partial charge in [0.05, 0.1) is 5.56 Å². The minimum absolute atomic E-state index is 0.480. The quantitative estimate of drug-likeness (QED) is 0.524. The normalized spacial score (nSPS) is 10.7. The second-order valence-electron chi connectivity index (χ2n) is 6.47. The molecule has 0 N–H and O–H groups in total. The maximum atomic E-state index is 8.84. The van der Waals surface area contributed by atoms with Crippen LogP contribution in [0.15, 0.2) is 48.8 Å². The molecule has 3 rings (SSSR count). The van der Waals surface area contributed by atoms with Crippen molar-refractivity contribution in [1.29, 1.82) is 5.26 Å². The molecule has 3 aromatic rings. The second-order valence-corrected chi connectivity index (χ2v) is 6.47. The van der Waals surface area contributed by atoms with E-state index in [1.807, 2.05) is 6.07 Å². The SMILES string of the molecule is CCCCCCCc1ccc2cc(-c3ncc(C#N)cn3)ccc2c1. The Morgan fingerprint density at radius 1 is 0.880 bits per heavy atom. The number of benzene rings is 2. The highest BCUT2D eigenvalue weighted by molar-refractivity contribution is 5.87. The van der Waals surface area contributed by atoms with Gasteiger partial charge in [-0.2, -0.15) is 5.26 Å². The second kappa shape index (κ2) is 8.39. The van der Waals surface area contributed by atoms with Gasteiger partial charge in [0.15, 0.2) is 5.82 Å².